The van der Waals surface area contributed by atoms with E-state index in [1.54, 1.807) is 0 Å². The Kier molecular flexibility index (Phi) is 2.24. The maximum Gasteiger partial charge on any atom is 0.0346 e. The lowest BCUT2D eigenvalue weighted by Gasteiger charge is -2.07. The van der Waals surface area contributed by atoms with Crippen LogP contribution in [0.4, 0.5) is 0 Å². The first-order chi connectivity index (χ1) is 7.84. The van der Waals surface area contributed by atoms with Crippen molar-refractivity contribution >= 4 is 0 Å². The molecule has 1 aromatic heterocycles. The highest BCUT2D eigenvalue weighted by molar-refractivity contribution is 5.64. The van der Waals surface area contributed by atoms with Crippen LogP contribution in [0.1, 0.15) is 29.9 Å². The molecule has 0 spiro atoms. The smallest absolute Gasteiger partial charge is 0.0346 e. The van der Waals surface area contributed by atoms with Gasteiger partial charge in [-0.3, -0.25) is 4.98 Å². The minimum Gasteiger partial charge on any atom is -0.264 e. The Hall–Kier alpha value is -1.63. The number of nitrogens with zero attached hydrogens (tertiary/aromatic N) is 1. The van der Waals surface area contributed by atoms with Gasteiger partial charge in [0.1, 0.15) is 0 Å². The summed E-state index contributed by atoms with van der Waals surface area (Å²) in [6, 6.07) is 10.9. The Morgan fingerprint density at radius 1 is 1.12 bits per heavy atom. The monoisotopic (exact) mass is 209 g/mol. The lowest BCUT2D eigenvalue weighted by Crippen LogP contribution is -1.87. The highest BCUT2D eigenvalue weighted by atomic mass is 14.6. The van der Waals surface area contributed by atoms with E-state index in [1.807, 2.05) is 18.5 Å². The summed E-state index contributed by atoms with van der Waals surface area (Å²) in [6.45, 7) is 2.22. The third-order valence-corrected chi connectivity index (χ3v) is 3.28. The maximum absolute atomic E-state index is 4.16. The second-order valence-corrected chi connectivity index (χ2v) is 4.59. The van der Waals surface area contributed by atoms with E-state index < -0.39 is 0 Å². The molecule has 0 amide bonds. The number of pyridine rings is 1. The van der Waals surface area contributed by atoms with E-state index in [0.717, 1.165) is 5.92 Å². The van der Waals surface area contributed by atoms with Gasteiger partial charge in [-0.25, -0.2) is 0 Å². The first-order valence-electron chi connectivity index (χ1n) is 5.85. The lowest BCUT2D eigenvalue weighted by atomic mass is 9.98. The molecule has 16 heavy (non-hydrogen) atoms. The molecule has 0 aliphatic heterocycles. The van der Waals surface area contributed by atoms with Gasteiger partial charge in [0, 0.05) is 12.4 Å². The predicted molar refractivity (Wildman–Crippen MR) is 66.4 cm³/mol. The molecule has 0 unspecified atom stereocenters. The molecule has 80 valence electrons. The van der Waals surface area contributed by atoms with Crippen LogP contribution in [0.15, 0.2) is 42.7 Å². The van der Waals surface area contributed by atoms with Crippen molar-refractivity contribution in [2.24, 2.45) is 0 Å². The Labute approximate surface area is 96.2 Å². The van der Waals surface area contributed by atoms with Gasteiger partial charge in [0.2, 0.25) is 0 Å². The van der Waals surface area contributed by atoms with Crippen LogP contribution in [-0.2, 0) is 0 Å². The van der Waals surface area contributed by atoms with Crippen molar-refractivity contribution in [3.8, 4) is 11.1 Å². The molecule has 0 radical (unpaired) electrons. The van der Waals surface area contributed by atoms with Gasteiger partial charge in [0.05, 0.1) is 0 Å². The van der Waals surface area contributed by atoms with Gasteiger partial charge in [-0.05, 0) is 54.0 Å². The van der Waals surface area contributed by atoms with E-state index in [-0.39, 0.29) is 0 Å². The number of rotatable bonds is 2. The Bertz CT molecular complexity index is 498. The molecule has 1 fully saturated rings. The SMILES string of the molecule is Cc1cc(-c2cccnc2)ccc1C1CC1. The van der Waals surface area contributed by atoms with Crippen LogP contribution in [0, 0.1) is 6.92 Å². The van der Waals surface area contributed by atoms with Crippen LogP contribution in [0.3, 0.4) is 0 Å². The van der Waals surface area contributed by atoms with E-state index in [0.29, 0.717) is 0 Å². The summed E-state index contributed by atoms with van der Waals surface area (Å²) in [6.07, 6.45) is 6.47. The number of aryl methyl sites for hydroxylation is 1. The largest absolute Gasteiger partial charge is 0.264 e. The minimum atomic E-state index is 0.836. The summed E-state index contributed by atoms with van der Waals surface area (Å²) in [5.41, 5.74) is 5.43. The Balaban J connectivity index is 2.00. The molecule has 1 heteroatoms. The van der Waals surface area contributed by atoms with Gasteiger partial charge >= 0.3 is 0 Å². The Morgan fingerprint density at radius 2 is 2.00 bits per heavy atom. The zero-order valence-electron chi connectivity index (χ0n) is 9.48. The zero-order chi connectivity index (χ0) is 11.0. The van der Waals surface area contributed by atoms with E-state index >= 15 is 0 Å². The molecule has 2 aromatic rings. The highest BCUT2D eigenvalue weighted by Gasteiger charge is 2.24. The molecule has 1 aliphatic rings. The van der Waals surface area contributed by atoms with Crippen molar-refractivity contribution in [2.45, 2.75) is 25.7 Å². The van der Waals surface area contributed by atoms with Gasteiger partial charge in [-0.1, -0.05) is 24.3 Å². The van der Waals surface area contributed by atoms with Gasteiger partial charge < -0.3 is 0 Å². The first kappa shape index (κ1) is 9.59. The third-order valence-electron chi connectivity index (χ3n) is 3.28. The van der Waals surface area contributed by atoms with Crippen molar-refractivity contribution in [3.63, 3.8) is 0 Å². The number of hydrogen-bond donors (Lipinski definition) is 0. The van der Waals surface area contributed by atoms with Gasteiger partial charge in [0.15, 0.2) is 0 Å². The van der Waals surface area contributed by atoms with Gasteiger partial charge in [0.25, 0.3) is 0 Å². The van der Waals surface area contributed by atoms with Crippen LogP contribution in [0.2, 0.25) is 0 Å². The lowest BCUT2D eigenvalue weighted by molar-refractivity contribution is 1.10. The van der Waals surface area contributed by atoms with E-state index in [1.165, 1.54) is 35.1 Å². The van der Waals surface area contributed by atoms with Crippen LogP contribution >= 0.6 is 0 Å². The molecular formula is C15H15N. The van der Waals surface area contributed by atoms with E-state index in [2.05, 4.69) is 36.2 Å². The summed E-state index contributed by atoms with van der Waals surface area (Å²) < 4.78 is 0. The first-order valence-corrected chi connectivity index (χ1v) is 5.85. The number of hydrogen-bond acceptors (Lipinski definition) is 1. The zero-order valence-corrected chi connectivity index (χ0v) is 9.48. The quantitative estimate of drug-likeness (QED) is 0.730. The molecule has 0 atom stereocenters. The molecule has 1 heterocycles. The molecule has 0 bridgehead atoms. The Morgan fingerprint density at radius 3 is 2.62 bits per heavy atom. The standard InChI is InChI=1S/C15H15N/c1-11-9-13(14-3-2-8-16-10-14)6-7-15(11)12-4-5-12/h2-3,6-10,12H,4-5H2,1H3. The fraction of sp³-hybridized carbons (Fsp3) is 0.267. The van der Waals surface area contributed by atoms with Crippen molar-refractivity contribution in [3.05, 3.63) is 53.9 Å². The van der Waals surface area contributed by atoms with Crippen LogP contribution in [0.25, 0.3) is 11.1 Å². The second-order valence-electron chi connectivity index (χ2n) is 4.59. The summed E-state index contributed by atoms with van der Waals surface area (Å²) in [5, 5.41) is 0. The van der Waals surface area contributed by atoms with Crippen molar-refractivity contribution in [1.82, 2.24) is 4.98 Å². The van der Waals surface area contributed by atoms with E-state index in [9.17, 15) is 0 Å². The van der Waals surface area contributed by atoms with E-state index in [4.69, 9.17) is 0 Å². The van der Waals surface area contributed by atoms with Crippen LogP contribution in [-0.4, -0.2) is 4.98 Å². The van der Waals surface area contributed by atoms with Gasteiger partial charge in [-0.15, -0.1) is 0 Å². The molecule has 1 saturated carbocycles. The molecule has 3 rings (SSSR count). The van der Waals surface area contributed by atoms with Crippen molar-refractivity contribution in [2.75, 3.05) is 0 Å². The summed E-state index contributed by atoms with van der Waals surface area (Å²) in [7, 11) is 0. The van der Waals surface area contributed by atoms with Crippen LogP contribution < -0.4 is 0 Å². The van der Waals surface area contributed by atoms with Crippen molar-refractivity contribution in [1.29, 1.82) is 0 Å². The van der Waals surface area contributed by atoms with Gasteiger partial charge in [-0.2, -0.15) is 0 Å². The van der Waals surface area contributed by atoms with Crippen LogP contribution in [0.5, 0.6) is 0 Å². The fourth-order valence-electron chi connectivity index (χ4n) is 2.24. The average molecular weight is 209 g/mol. The normalized spacial score (nSPS) is 15.1. The summed E-state index contributed by atoms with van der Waals surface area (Å²) in [5.74, 6) is 0.836. The molecule has 1 aliphatic carbocycles. The summed E-state index contributed by atoms with van der Waals surface area (Å²) in [4.78, 5) is 4.16. The third kappa shape index (κ3) is 1.73. The second kappa shape index (κ2) is 3.75. The van der Waals surface area contributed by atoms with Crippen molar-refractivity contribution < 1.29 is 0 Å². The average Bonchev–Trinajstić information content (AvgIpc) is 3.14. The molecule has 1 nitrogen and oxygen atoms in total. The number of aromatic nitrogens is 1. The predicted octanol–water partition coefficient (Wildman–Crippen LogP) is 3.93. The molecule has 1 aromatic carbocycles. The maximum atomic E-state index is 4.16. The molecular weight excluding hydrogens is 194 g/mol. The topological polar surface area (TPSA) is 12.9 Å². The summed E-state index contributed by atoms with van der Waals surface area (Å²) >= 11 is 0. The molecule has 0 N–H and O–H groups in total. The number of benzene rings is 1. The minimum absolute atomic E-state index is 0.836. The highest BCUT2D eigenvalue weighted by Crippen LogP contribution is 2.42. The fourth-order valence-corrected chi connectivity index (χ4v) is 2.24. The molecule has 0 saturated heterocycles.